The van der Waals surface area contributed by atoms with Crippen molar-refractivity contribution in [2.45, 2.75) is 12.5 Å². The van der Waals surface area contributed by atoms with Crippen LogP contribution in [0.25, 0.3) is 0 Å². The molecule has 19 heavy (non-hydrogen) atoms. The standard InChI is InChI=1S/C16H16ClNO/c17-14-7-3-4-8-16(14)19-11-15-13-6-2-1-5-12(13)9-10-18-15/h1-8,15,18H,9-11H2. The number of halogens is 1. The first-order valence-corrected chi connectivity index (χ1v) is 6.91. The molecule has 0 amide bonds. The summed E-state index contributed by atoms with van der Waals surface area (Å²) in [7, 11) is 0. The van der Waals surface area contributed by atoms with E-state index in [0.29, 0.717) is 11.6 Å². The third-order valence-corrected chi connectivity index (χ3v) is 3.77. The summed E-state index contributed by atoms with van der Waals surface area (Å²) in [5.41, 5.74) is 2.75. The highest BCUT2D eigenvalue weighted by atomic mass is 35.5. The summed E-state index contributed by atoms with van der Waals surface area (Å²) in [6.45, 7) is 1.59. The number of rotatable bonds is 3. The zero-order chi connectivity index (χ0) is 13.1. The van der Waals surface area contributed by atoms with Crippen LogP contribution in [-0.2, 0) is 6.42 Å². The molecule has 0 aliphatic carbocycles. The number of para-hydroxylation sites is 1. The van der Waals surface area contributed by atoms with Crippen LogP contribution in [0.5, 0.6) is 5.75 Å². The van der Waals surface area contributed by atoms with Crippen molar-refractivity contribution >= 4 is 11.6 Å². The first kappa shape index (κ1) is 12.5. The Morgan fingerprint density at radius 1 is 1.11 bits per heavy atom. The fourth-order valence-electron chi connectivity index (χ4n) is 2.48. The summed E-state index contributed by atoms with van der Waals surface area (Å²) in [4.78, 5) is 0. The summed E-state index contributed by atoms with van der Waals surface area (Å²) >= 11 is 6.10. The second kappa shape index (κ2) is 5.64. The topological polar surface area (TPSA) is 21.3 Å². The molecule has 0 saturated carbocycles. The first-order chi connectivity index (χ1) is 9.34. The normalized spacial score (nSPS) is 17.8. The molecular formula is C16H16ClNO. The molecule has 0 bridgehead atoms. The smallest absolute Gasteiger partial charge is 0.137 e. The van der Waals surface area contributed by atoms with E-state index >= 15 is 0 Å². The maximum absolute atomic E-state index is 6.10. The molecular weight excluding hydrogens is 258 g/mol. The van der Waals surface area contributed by atoms with E-state index in [4.69, 9.17) is 16.3 Å². The van der Waals surface area contributed by atoms with Crippen LogP contribution in [0.3, 0.4) is 0 Å². The van der Waals surface area contributed by atoms with Gasteiger partial charge in [-0.25, -0.2) is 0 Å². The molecule has 3 rings (SSSR count). The second-order valence-corrected chi connectivity index (χ2v) is 5.10. The number of benzene rings is 2. The van der Waals surface area contributed by atoms with Crippen molar-refractivity contribution in [1.29, 1.82) is 0 Å². The highest BCUT2D eigenvalue weighted by Crippen LogP contribution is 2.27. The minimum absolute atomic E-state index is 0.237. The molecule has 1 aliphatic heterocycles. The lowest BCUT2D eigenvalue weighted by Gasteiger charge is -2.27. The van der Waals surface area contributed by atoms with Gasteiger partial charge in [0.15, 0.2) is 0 Å². The van der Waals surface area contributed by atoms with Gasteiger partial charge in [0.1, 0.15) is 12.4 Å². The third kappa shape index (κ3) is 2.75. The largest absolute Gasteiger partial charge is 0.490 e. The fourth-order valence-corrected chi connectivity index (χ4v) is 2.67. The lowest BCUT2D eigenvalue weighted by Crippen LogP contribution is -2.33. The van der Waals surface area contributed by atoms with Crippen molar-refractivity contribution < 1.29 is 4.74 Å². The van der Waals surface area contributed by atoms with Crippen LogP contribution in [0.1, 0.15) is 17.2 Å². The van der Waals surface area contributed by atoms with Gasteiger partial charge in [0.05, 0.1) is 11.1 Å². The maximum atomic E-state index is 6.10. The molecule has 2 aromatic carbocycles. The van der Waals surface area contributed by atoms with E-state index < -0.39 is 0 Å². The molecule has 0 aromatic heterocycles. The van der Waals surface area contributed by atoms with Crippen LogP contribution < -0.4 is 10.1 Å². The monoisotopic (exact) mass is 273 g/mol. The molecule has 1 atom stereocenters. The molecule has 1 aliphatic rings. The summed E-state index contributed by atoms with van der Waals surface area (Å²) in [5, 5.41) is 4.16. The minimum Gasteiger partial charge on any atom is -0.490 e. The molecule has 0 fully saturated rings. The zero-order valence-electron chi connectivity index (χ0n) is 10.6. The molecule has 98 valence electrons. The van der Waals surface area contributed by atoms with Gasteiger partial charge in [-0.1, -0.05) is 48.0 Å². The Morgan fingerprint density at radius 2 is 1.89 bits per heavy atom. The maximum Gasteiger partial charge on any atom is 0.137 e. The Labute approximate surface area is 118 Å². The van der Waals surface area contributed by atoms with Gasteiger partial charge in [-0.15, -0.1) is 0 Å². The number of ether oxygens (including phenoxy) is 1. The number of hydrogen-bond donors (Lipinski definition) is 1. The quantitative estimate of drug-likeness (QED) is 0.922. The number of hydrogen-bond acceptors (Lipinski definition) is 2. The van der Waals surface area contributed by atoms with Gasteiger partial charge in [0.2, 0.25) is 0 Å². The molecule has 0 radical (unpaired) electrons. The molecule has 2 aromatic rings. The van der Waals surface area contributed by atoms with Gasteiger partial charge in [-0.3, -0.25) is 0 Å². The predicted molar refractivity (Wildman–Crippen MR) is 77.8 cm³/mol. The molecule has 1 heterocycles. The molecule has 2 nitrogen and oxygen atoms in total. The summed E-state index contributed by atoms with van der Waals surface area (Å²) in [6, 6.07) is 16.4. The molecule has 0 spiro atoms. The van der Waals surface area contributed by atoms with Crippen LogP contribution in [0.2, 0.25) is 5.02 Å². The van der Waals surface area contributed by atoms with Crippen molar-refractivity contribution in [2.24, 2.45) is 0 Å². The van der Waals surface area contributed by atoms with Crippen molar-refractivity contribution in [1.82, 2.24) is 5.32 Å². The highest BCUT2D eigenvalue weighted by molar-refractivity contribution is 6.32. The van der Waals surface area contributed by atoms with Crippen molar-refractivity contribution in [3.05, 3.63) is 64.7 Å². The van der Waals surface area contributed by atoms with E-state index in [1.165, 1.54) is 11.1 Å². The predicted octanol–water partition coefficient (Wildman–Crippen LogP) is 3.61. The average Bonchev–Trinajstić information content (AvgIpc) is 2.46. The lowest BCUT2D eigenvalue weighted by molar-refractivity contribution is 0.261. The van der Waals surface area contributed by atoms with Crippen LogP contribution in [0.4, 0.5) is 0 Å². The lowest BCUT2D eigenvalue weighted by atomic mass is 9.95. The first-order valence-electron chi connectivity index (χ1n) is 6.53. The fraction of sp³-hybridized carbons (Fsp3) is 0.250. The molecule has 1 N–H and O–H groups in total. The zero-order valence-corrected chi connectivity index (χ0v) is 11.4. The van der Waals surface area contributed by atoms with E-state index in [0.717, 1.165) is 18.7 Å². The van der Waals surface area contributed by atoms with Gasteiger partial charge in [-0.2, -0.15) is 0 Å². The highest BCUT2D eigenvalue weighted by Gasteiger charge is 2.19. The van der Waals surface area contributed by atoms with Gasteiger partial charge < -0.3 is 10.1 Å². The van der Waals surface area contributed by atoms with E-state index in [1.807, 2.05) is 24.3 Å². The van der Waals surface area contributed by atoms with Crippen LogP contribution in [0.15, 0.2) is 48.5 Å². The van der Waals surface area contributed by atoms with E-state index in [9.17, 15) is 0 Å². The van der Waals surface area contributed by atoms with Gasteiger partial charge in [0.25, 0.3) is 0 Å². The molecule has 3 heteroatoms. The molecule has 1 unspecified atom stereocenters. The summed E-state index contributed by atoms with van der Waals surface area (Å²) < 4.78 is 5.84. The van der Waals surface area contributed by atoms with Gasteiger partial charge in [0, 0.05) is 0 Å². The Kier molecular flexibility index (Phi) is 3.72. The van der Waals surface area contributed by atoms with Crippen molar-refractivity contribution in [2.75, 3.05) is 13.2 Å². The summed E-state index contributed by atoms with van der Waals surface area (Å²) in [5.74, 6) is 0.744. The Hall–Kier alpha value is -1.51. The third-order valence-electron chi connectivity index (χ3n) is 3.46. The Morgan fingerprint density at radius 3 is 2.79 bits per heavy atom. The van der Waals surface area contributed by atoms with E-state index in [2.05, 4.69) is 29.6 Å². The minimum atomic E-state index is 0.237. The SMILES string of the molecule is Clc1ccccc1OCC1NCCc2ccccc21. The number of fused-ring (bicyclic) bond motifs is 1. The van der Waals surface area contributed by atoms with Crippen LogP contribution in [0, 0.1) is 0 Å². The molecule has 0 saturated heterocycles. The van der Waals surface area contributed by atoms with Crippen LogP contribution in [-0.4, -0.2) is 13.2 Å². The van der Waals surface area contributed by atoms with Gasteiger partial charge in [-0.05, 0) is 36.2 Å². The Balaban J connectivity index is 1.73. The van der Waals surface area contributed by atoms with E-state index in [-0.39, 0.29) is 6.04 Å². The van der Waals surface area contributed by atoms with E-state index in [1.54, 1.807) is 0 Å². The van der Waals surface area contributed by atoms with Crippen molar-refractivity contribution in [3.8, 4) is 5.75 Å². The number of nitrogens with one attached hydrogen (secondary N) is 1. The average molecular weight is 274 g/mol. The van der Waals surface area contributed by atoms with Crippen molar-refractivity contribution in [3.63, 3.8) is 0 Å². The van der Waals surface area contributed by atoms with Gasteiger partial charge >= 0.3 is 0 Å². The Bertz CT molecular complexity index is 570. The summed E-state index contributed by atoms with van der Waals surface area (Å²) in [6.07, 6.45) is 1.08. The second-order valence-electron chi connectivity index (χ2n) is 4.70. The van der Waals surface area contributed by atoms with Crippen LogP contribution >= 0.6 is 11.6 Å².